The number of aryl methyl sites for hydroxylation is 1. The molecular weight excluding hydrogens is 322 g/mol. The average Bonchev–Trinajstić information content (AvgIpc) is 3.01. The highest BCUT2D eigenvalue weighted by atomic mass is 32.1. The van der Waals surface area contributed by atoms with Crippen LogP contribution in [0.3, 0.4) is 0 Å². The van der Waals surface area contributed by atoms with Crippen LogP contribution in [0.2, 0.25) is 0 Å². The highest BCUT2D eigenvalue weighted by Crippen LogP contribution is 2.17. The highest BCUT2D eigenvalue weighted by Gasteiger charge is 2.17. The predicted molar refractivity (Wildman–Crippen MR) is 97.4 cm³/mol. The molecule has 0 aliphatic rings. The Hall–Kier alpha value is -2.34. The number of aromatic nitrogens is 1. The van der Waals surface area contributed by atoms with Gasteiger partial charge in [0, 0.05) is 18.5 Å². The summed E-state index contributed by atoms with van der Waals surface area (Å²) in [6.45, 7) is 8.61. The van der Waals surface area contributed by atoms with E-state index in [9.17, 15) is 4.79 Å². The molecule has 1 atom stereocenters. The Balaban J connectivity index is 2.02. The summed E-state index contributed by atoms with van der Waals surface area (Å²) in [7, 11) is 1.63. The molecule has 0 radical (unpaired) electrons. The van der Waals surface area contributed by atoms with Gasteiger partial charge < -0.3 is 15.0 Å². The Bertz CT molecular complexity index is 682. The van der Waals surface area contributed by atoms with Crippen LogP contribution in [0.25, 0.3) is 0 Å². The monoisotopic (exact) mass is 345 g/mol. The molecule has 5 nitrogen and oxygen atoms in total. The van der Waals surface area contributed by atoms with E-state index >= 15 is 0 Å². The molecule has 0 spiro atoms. The molecule has 0 bridgehead atoms. The molecule has 1 N–H and O–H groups in total. The maximum atomic E-state index is 12.6. The van der Waals surface area contributed by atoms with Gasteiger partial charge in [0.15, 0.2) is 0 Å². The van der Waals surface area contributed by atoms with Crippen LogP contribution in [0.1, 0.15) is 29.2 Å². The van der Waals surface area contributed by atoms with Gasteiger partial charge in [-0.3, -0.25) is 0 Å². The fourth-order valence-corrected chi connectivity index (χ4v) is 2.96. The lowest BCUT2D eigenvalue weighted by molar-refractivity contribution is 0.197. The lowest BCUT2D eigenvalue weighted by Crippen LogP contribution is -2.40. The van der Waals surface area contributed by atoms with Crippen LogP contribution in [-0.2, 0) is 6.54 Å². The summed E-state index contributed by atoms with van der Waals surface area (Å²) in [6.07, 6.45) is 1.72. The number of carbonyl (C=O) groups excluding carboxylic acids is 1. The van der Waals surface area contributed by atoms with Gasteiger partial charge in [0.25, 0.3) is 0 Å². The van der Waals surface area contributed by atoms with Crippen molar-refractivity contribution in [1.29, 1.82) is 0 Å². The number of urea groups is 1. The first-order valence-corrected chi connectivity index (χ1v) is 8.62. The summed E-state index contributed by atoms with van der Waals surface area (Å²) in [4.78, 5) is 18.7. The number of thiazole rings is 1. The Morgan fingerprint density at radius 1 is 1.46 bits per heavy atom. The Morgan fingerprint density at radius 3 is 2.71 bits per heavy atom. The normalized spacial score (nSPS) is 11.6. The number of rotatable bonds is 7. The molecule has 1 aromatic heterocycles. The van der Waals surface area contributed by atoms with Crippen molar-refractivity contribution in [2.75, 3.05) is 13.7 Å². The average molecular weight is 345 g/mol. The third-order valence-electron chi connectivity index (χ3n) is 3.59. The molecule has 24 heavy (non-hydrogen) atoms. The third-order valence-corrected chi connectivity index (χ3v) is 4.38. The first kappa shape index (κ1) is 18.0. The summed E-state index contributed by atoms with van der Waals surface area (Å²) in [6, 6.07) is 7.42. The third kappa shape index (κ3) is 4.83. The Kier molecular flexibility index (Phi) is 6.37. The quantitative estimate of drug-likeness (QED) is 0.774. The molecule has 0 aliphatic heterocycles. The molecular formula is C18H23N3O2S. The van der Waals surface area contributed by atoms with Gasteiger partial charge in [-0.25, -0.2) is 9.78 Å². The van der Waals surface area contributed by atoms with Crippen LogP contribution < -0.4 is 10.1 Å². The van der Waals surface area contributed by atoms with E-state index in [-0.39, 0.29) is 12.1 Å². The molecule has 2 aromatic rings. The lowest BCUT2D eigenvalue weighted by atomic mass is 10.2. The van der Waals surface area contributed by atoms with Crippen LogP contribution in [0.5, 0.6) is 5.75 Å². The number of methoxy groups -OCH3 is 1. The highest BCUT2D eigenvalue weighted by molar-refractivity contribution is 7.09. The zero-order valence-corrected chi connectivity index (χ0v) is 15.1. The van der Waals surface area contributed by atoms with Crippen LogP contribution in [0.15, 0.2) is 42.3 Å². The minimum Gasteiger partial charge on any atom is -0.497 e. The van der Waals surface area contributed by atoms with Crippen LogP contribution in [-0.4, -0.2) is 29.6 Å². The van der Waals surface area contributed by atoms with Gasteiger partial charge in [-0.15, -0.1) is 17.9 Å². The number of nitrogens with one attached hydrogen (secondary N) is 1. The molecule has 1 aromatic carbocycles. The van der Waals surface area contributed by atoms with Crippen molar-refractivity contribution in [3.63, 3.8) is 0 Å². The van der Waals surface area contributed by atoms with E-state index in [1.54, 1.807) is 29.4 Å². The van der Waals surface area contributed by atoms with E-state index < -0.39 is 0 Å². The van der Waals surface area contributed by atoms with E-state index in [1.165, 1.54) is 0 Å². The van der Waals surface area contributed by atoms with E-state index in [0.29, 0.717) is 13.1 Å². The zero-order chi connectivity index (χ0) is 17.5. The fourth-order valence-electron chi connectivity index (χ4n) is 2.26. The van der Waals surface area contributed by atoms with Crippen molar-refractivity contribution in [3.8, 4) is 5.75 Å². The SMILES string of the molecule is C=CCN(Cc1ccc(OC)cc1)C(=O)N[C@@H](C)c1csc(C)n1. The molecule has 0 unspecified atom stereocenters. The molecule has 2 amide bonds. The van der Waals surface area contributed by atoms with Gasteiger partial charge in [-0.05, 0) is 31.5 Å². The number of benzene rings is 1. The molecule has 6 heteroatoms. The van der Waals surface area contributed by atoms with Crippen molar-refractivity contribution in [1.82, 2.24) is 15.2 Å². The van der Waals surface area contributed by atoms with Crippen LogP contribution >= 0.6 is 11.3 Å². The maximum Gasteiger partial charge on any atom is 0.318 e. The summed E-state index contributed by atoms with van der Waals surface area (Å²) in [5.41, 5.74) is 1.92. The van der Waals surface area contributed by atoms with E-state index in [4.69, 9.17) is 4.74 Å². The zero-order valence-electron chi connectivity index (χ0n) is 14.3. The van der Waals surface area contributed by atoms with E-state index in [0.717, 1.165) is 22.0 Å². The van der Waals surface area contributed by atoms with Gasteiger partial charge in [-0.2, -0.15) is 0 Å². The smallest absolute Gasteiger partial charge is 0.318 e. The minimum atomic E-state index is -0.135. The molecule has 0 saturated carbocycles. The molecule has 2 rings (SSSR count). The van der Waals surface area contributed by atoms with Crippen LogP contribution in [0.4, 0.5) is 4.79 Å². The van der Waals surface area contributed by atoms with E-state index in [2.05, 4.69) is 16.9 Å². The summed E-state index contributed by atoms with van der Waals surface area (Å²) < 4.78 is 5.16. The van der Waals surface area contributed by atoms with Gasteiger partial charge >= 0.3 is 6.03 Å². The van der Waals surface area contributed by atoms with Crippen LogP contribution in [0, 0.1) is 6.92 Å². The standard InChI is InChI=1S/C18H23N3O2S/c1-5-10-21(11-15-6-8-16(23-4)9-7-15)18(22)19-13(2)17-12-24-14(3)20-17/h5-9,12-13H,1,10-11H2,2-4H3,(H,19,22)/t13-/m0/s1. The first-order chi connectivity index (χ1) is 11.5. The molecule has 0 aliphatic carbocycles. The number of ether oxygens (including phenoxy) is 1. The summed E-state index contributed by atoms with van der Waals surface area (Å²) in [5, 5.41) is 5.96. The maximum absolute atomic E-state index is 12.6. The van der Waals surface area contributed by atoms with Crippen molar-refractivity contribution < 1.29 is 9.53 Å². The number of amides is 2. The molecule has 0 fully saturated rings. The topological polar surface area (TPSA) is 54.5 Å². The second-order valence-corrected chi connectivity index (χ2v) is 6.54. The first-order valence-electron chi connectivity index (χ1n) is 7.74. The second kappa shape index (κ2) is 8.49. The van der Waals surface area contributed by atoms with Crippen molar-refractivity contribution in [3.05, 3.63) is 58.6 Å². The van der Waals surface area contributed by atoms with E-state index in [1.807, 2.05) is 43.5 Å². The number of nitrogens with zero attached hydrogens (tertiary/aromatic N) is 2. The second-order valence-electron chi connectivity index (χ2n) is 5.48. The minimum absolute atomic E-state index is 0.134. The van der Waals surface area contributed by atoms with Gasteiger partial charge in [0.2, 0.25) is 0 Å². The summed E-state index contributed by atoms with van der Waals surface area (Å²) in [5.74, 6) is 0.797. The number of hydrogen-bond acceptors (Lipinski definition) is 4. The van der Waals surface area contributed by atoms with Gasteiger partial charge in [0.05, 0.1) is 23.9 Å². The van der Waals surface area contributed by atoms with Crippen molar-refractivity contribution >= 4 is 17.4 Å². The number of carbonyl (C=O) groups is 1. The van der Waals surface area contributed by atoms with Crippen molar-refractivity contribution in [2.24, 2.45) is 0 Å². The molecule has 0 saturated heterocycles. The summed E-state index contributed by atoms with van der Waals surface area (Å²) >= 11 is 1.58. The Labute approximate surface area is 147 Å². The lowest BCUT2D eigenvalue weighted by Gasteiger charge is -2.24. The van der Waals surface area contributed by atoms with Crippen molar-refractivity contribution in [2.45, 2.75) is 26.4 Å². The van der Waals surface area contributed by atoms with Gasteiger partial charge in [-0.1, -0.05) is 18.2 Å². The Morgan fingerprint density at radius 2 is 2.17 bits per heavy atom. The fraction of sp³-hybridized carbons (Fsp3) is 0.333. The number of hydrogen-bond donors (Lipinski definition) is 1. The van der Waals surface area contributed by atoms with Gasteiger partial charge in [0.1, 0.15) is 5.75 Å². The molecule has 1 heterocycles. The largest absolute Gasteiger partial charge is 0.497 e. The predicted octanol–water partition coefficient (Wildman–Crippen LogP) is 3.92. The molecule has 128 valence electrons.